The van der Waals surface area contributed by atoms with Crippen LogP contribution in [0.5, 0.6) is 11.5 Å². The average Bonchev–Trinajstić information content (AvgIpc) is 2.86. The van der Waals surface area contributed by atoms with Gasteiger partial charge in [-0.15, -0.1) is 0 Å². The van der Waals surface area contributed by atoms with Crippen LogP contribution in [0.4, 0.5) is 10.5 Å². The summed E-state index contributed by atoms with van der Waals surface area (Å²) in [6.07, 6.45) is 0.206. The molecule has 4 rings (SSSR count). The molecule has 3 aromatic carbocycles. The Bertz CT molecular complexity index is 1130. The number of hydrogen-bond acceptors (Lipinski definition) is 5. The second-order valence-electron chi connectivity index (χ2n) is 7.94. The SMILES string of the molecule is COc1cc2c(cc1OC)N(C(=O)OCc1ccccc1)C(C)C/C2=N\Cc1ccccc1. The van der Waals surface area contributed by atoms with Gasteiger partial charge in [-0.3, -0.25) is 9.89 Å². The second kappa shape index (κ2) is 10.2. The summed E-state index contributed by atoms with van der Waals surface area (Å²) in [5.74, 6) is 1.14. The summed E-state index contributed by atoms with van der Waals surface area (Å²) in [6.45, 7) is 2.77. The Morgan fingerprint density at radius 2 is 1.55 bits per heavy atom. The van der Waals surface area contributed by atoms with E-state index in [0.29, 0.717) is 30.2 Å². The first-order valence-corrected chi connectivity index (χ1v) is 10.9. The molecule has 0 radical (unpaired) electrons. The summed E-state index contributed by atoms with van der Waals surface area (Å²) in [7, 11) is 3.18. The van der Waals surface area contributed by atoms with E-state index in [2.05, 4.69) is 12.1 Å². The lowest BCUT2D eigenvalue weighted by Gasteiger charge is -2.35. The Kier molecular flexibility index (Phi) is 6.93. The molecule has 0 bridgehead atoms. The van der Waals surface area contributed by atoms with Crippen molar-refractivity contribution in [2.45, 2.75) is 32.5 Å². The maximum absolute atomic E-state index is 13.2. The highest BCUT2D eigenvalue weighted by molar-refractivity contribution is 6.11. The third kappa shape index (κ3) is 5.00. The van der Waals surface area contributed by atoms with Crippen molar-refractivity contribution >= 4 is 17.5 Å². The van der Waals surface area contributed by atoms with Gasteiger partial charge in [-0.25, -0.2) is 4.79 Å². The van der Waals surface area contributed by atoms with Gasteiger partial charge >= 0.3 is 6.09 Å². The number of aliphatic imine (C=N–C) groups is 1. The monoisotopic (exact) mass is 444 g/mol. The number of hydrogen-bond donors (Lipinski definition) is 0. The van der Waals surface area contributed by atoms with Crippen LogP contribution in [0.15, 0.2) is 77.8 Å². The summed E-state index contributed by atoms with van der Waals surface area (Å²) in [5, 5.41) is 0. The fraction of sp³-hybridized carbons (Fsp3) is 0.259. The zero-order valence-electron chi connectivity index (χ0n) is 19.2. The molecule has 6 nitrogen and oxygen atoms in total. The van der Waals surface area contributed by atoms with Crippen molar-refractivity contribution in [3.05, 3.63) is 89.5 Å². The van der Waals surface area contributed by atoms with Crippen molar-refractivity contribution in [3.8, 4) is 11.5 Å². The first-order valence-electron chi connectivity index (χ1n) is 10.9. The van der Waals surface area contributed by atoms with Crippen molar-refractivity contribution in [1.82, 2.24) is 0 Å². The number of rotatable bonds is 6. The molecule has 0 aliphatic carbocycles. The number of anilines is 1. The van der Waals surface area contributed by atoms with Crippen molar-refractivity contribution < 1.29 is 19.0 Å². The topological polar surface area (TPSA) is 60.4 Å². The molecule has 33 heavy (non-hydrogen) atoms. The van der Waals surface area contributed by atoms with Crippen LogP contribution in [0.25, 0.3) is 0 Å². The van der Waals surface area contributed by atoms with Crippen LogP contribution >= 0.6 is 0 Å². The number of methoxy groups -OCH3 is 2. The zero-order chi connectivity index (χ0) is 23.2. The minimum Gasteiger partial charge on any atom is -0.493 e. The average molecular weight is 445 g/mol. The third-order valence-corrected chi connectivity index (χ3v) is 5.70. The van der Waals surface area contributed by atoms with E-state index in [1.807, 2.05) is 67.6 Å². The lowest BCUT2D eigenvalue weighted by molar-refractivity contribution is 0.145. The largest absolute Gasteiger partial charge is 0.493 e. The first-order chi connectivity index (χ1) is 16.1. The van der Waals surface area contributed by atoms with E-state index >= 15 is 0 Å². The van der Waals surface area contributed by atoms with Crippen LogP contribution in [0.2, 0.25) is 0 Å². The van der Waals surface area contributed by atoms with Crippen LogP contribution in [0, 0.1) is 0 Å². The Morgan fingerprint density at radius 3 is 2.18 bits per heavy atom. The molecule has 1 aliphatic heterocycles. The molecular formula is C27H28N2O4. The molecular weight excluding hydrogens is 416 g/mol. The van der Waals surface area contributed by atoms with Gasteiger partial charge in [-0.2, -0.15) is 0 Å². The Labute approximate surface area is 194 Å². The molecule has 1 atom stereocenters. The maximum Gasteiger partial charge on any atom is 0.414 e. The van der Waals surface area contributed by atoms with Gasteiger partial charge in [0.05, 0.1) is 26.5 Å². The highest BCUT2D eigenvalue weighted by Gasteiger charge is 2.34. The van der Waals surface area contributed by atoms with Crippen LogP contribution in [0.3, 0.4) is 0 Å². The number of ether oxygens (including phenoxy) is 3. The van der Waals surface area contributed by atoms with E-state index in [4.69, 9.17) is 19.2 Å². The molecule has 170 valence electrons. The van der Waals surface area contributed by atoms with Crippen molar-refractivity contribution in [1.29, 1.82) is 0 Å². The minimum atomic E-state index is -0.401. The molecule has 1 unspecified atom stereocenters. The maximum atomic E-state index is 13.2. The predicted molar refractivity (Wildman–Crippen MR) is 129 cm³/mol. The lowest BCUT2D eigenvalue weighted by Crippen LogP contribution is -2.44. The van der Waals surface area contributed by atoms with Crippen molar-refractivity contribution in [2.75, 3.05) is 19.1 Å². The number of nitrogens with zero attached hydrogens (tertiary/aromatic N) is 2. The van der Waals surface area contributed by atoms with Crippen molar-refractivity contribution in [3.63, 3.8) is 0 Å². The molecule has 1 heterocycles. The molecule has 0 saturated carbocycles. The van der Waals surface area contributed by atoms with Gasteiger partial charge in [0, 0.05) is 29.8 Å². The smallest absolute Gasteiger partial charge is 0.414 e. The second-order valence-corrected chi connectivity index (χ2v) is 7.94. The van der Waals surface area contributed by atoms with Crippen molar-refractivity contribution in [2.24, 2.45) is 4.99 Å². The van der Waals surface area contributed by atoms with E-state index in [9.17, 15) is 4.79 Å². The molecule has 3 aromatic rings. The van der Waals surface area contributed by atoms with Gasteiger partial charge in [0.15, 0.2) is 11.5 Å². The van der Waals surface area contributed by atoms with Crippen LogP contribution in [-0.2, 0) is 17.9 Å². The van der Waals surface area contributed by atoms with Gasteiger partial charge in [0.25, 0.3) is 0 Å². The molecule has 0 aromatic heterocycles. The molecule has 0 fully saturated rings. The molecule has 6 heteroatoms. The number of fused-ring (bicyclic) bond motifs is 1. The van der Waals surface area contributed by atoms with Gasteiger partial charge in [-0.1, -0.05) is 60.7 Å². The first kappa shape index (κ1) is 22.4. The molecule has 0 spiro atoms. The number of amides is 1. The van der Waals surface area contributed by atoms with Gasteiger partial charge in [0.1, 0.15) is 6.61 Å². The fourth-order valence-corrected chi connectivity index (χ4v) is 4.00. The molecule has 0 saturated heterocycles. The van der Waals surface area contributed by atoms with Gasteiger partial charge in [0.2, 0.25) is 0 Å². The van der Waals surface area contributed by atoms with Crippen LogP contribution in [-0.4, -0.2) is 32.1 Å². The van der Waals surface area contributed by atoms with Gasteiger partial charge in [-0.05, 0) is 24.1 Å². The summed E-state index contributed by atoms with van der Waals surface area (Å²) in [4.78, 5) is 19.8. The van der Waals surface area contributed by atoms with E-state index < -0.39 is 6.09 Å². The highest BCUT2D eigenvalue weighted by Crippen LogP contribution is 2.40. The lowest BCUT2D eigenvalue weighted by atomic mass is 9.94. The predicted octanol–water partition coefficient (Wildman–Crippen LogP) is 5.63. The summed E-state index contributed by atoms with van der Waals surface area (Å²) >= 11 is 0. The van der Waals surface area contributed by atoms with Crippen LogP contribution < -0.4 is 14.4 Å². The Morgan fingerprint density at radius 1 is 0.939 bits per heavy atom. The quantitative estimate of drug-likeness (QED) is 0.494. The third-order valence-electron chi connectivity index (χ3n) is 5.70. The van der Waals surface area contributed by atoms with E-state index in [1.54, 1.807) is 19.1 Å². The number of carbonyl (C=O) groups excluding carboxylic acids is 1. The highest BCUT2D eigenvalue weighted by atomic mass is 16.6. The standard InChI is InChI=1S/C27H28N2O4/c1-19-14-23(28-17-20-10-6-4-7-11-20)22-15-25(31-2)26(32-3)16-24(22)29(19)27(30)33-18-21-12-8-5-9-13-21/h4-13,15-16,19H,14,17-18H2,1-3H3/b28-23+. The number of benzene rings is 3. The Balaban J connectivity index is 1.68. The normalized spacial score (nSPS) is 16.3. The van der Waals surface area contributed by atoms with Gasteiger partial charge < -0.3 is 14.2 Å². The zero-order valence-corrected chi connectivity index (χ0v) is 19.2. The summed E-state index contributed by atoms with van der Waals surface area (Å²) < 4.78 is 16.7. The van der Waals surface area contributed by atoms with E-state index in [-0.39, 0.29) is 12.6 Å². The number of carbonyl (C=O) groups is 1. The summed E-state index contributed by atoms with van der Waals surface area (Å²) in [5.41, 5.74) is 4.54. The summed E-state index contributed by atoms with van der Waals surface area (Å²) in [6, 6.07) is 23.3. The van der Waals surface area contributed by atoms with Crippen LogP contribution in [0.1, 0.15) is 30.0 Å². The Hall–Kier alpha value is -3.80. The fourth-order valence-electron chi connectivity index (χ4n) is 4.00. The van der Waals surface area contributed by atoms with E-state index in [0.717, 1.165) is 22.4 Å². The molecule has 1 aliphatic rings. The molecule has 0 N–H and O–H groups in total. The molecule has 1 amide bonds. The van der Waals surface area contributed by atoms with E-state index in [1.165, 1.54) is 0 Å². The minimum absolute atomic E-state index is 0.131.